The molecule has 0 amide bonds. The molecule has 1 heterocycles. The maximum atomic E-state index is 5.80. The molecule has 0 fully saturated rings. The molecule has 2 rings (SSSR count). The average Bonchev–Trinajstić information content (AvgIpc) is 2.12. The first kappa shape index (κ1) is 7.58. The van der Waals surface area contributed by atoms with Gasteiger partial charge in [-0.25, -0.2) is 5.84 Å². The number of anilines is 1. The van der Waals surface area contributed by atoms with E-state index in [-0.39, 0.29) is 6.17 Å². The second-order valence-electron chi connectivity index (χ2n) is 3.14. The number of hydrazine groups is 1. The number of nitrogens with two attached hydrogens (primary N) is 2. The Balaban J connectivity index is 2.42. The van der Waals surface area contributed by atoms with Gasteiger partial charge < -0.3 is 5.73 Å². The summed E-state index contributed by atoms with van der Waals surface area (Å²) in [6.07, 6.45) is 1.94. The summed E-state index contributed by atoms with van der Waals surface area (Å²) in [7, 11) is 0. The molecular weight excluding hydrogens is 150 g/mol. The Bertz CT molecular complexity index is 285. The van der Waals surface area contributed by atoms with Crippen molar-refractivity contribution in [3.8, 4) is 0 Å². The first-order valence-electron chi connectivity index (χ1n) is 4.16. The third-order valence-electron chi connectivity index (χ3n) is 2.34. The smallest absolute Gasteiger partial charge is 0.0924 e. The molecule has 1 unspecified atom stereocenters. The second-order valence-corrected chi connectivity index (χ2v) is 3.14. The zero-order valence-corrected chi connectivity index (χ0v) is 6.90. The topological polar surface area (TPSA) is 55.3 Å². The van der Waals surface area contributed by atoms with Crippen molar-refractivity contribution >= 4 is 5.69 Å². The maximum Gasteiger partial charge on any atom is 0.0924 e. The number of aryl methyl sites for hydroxylation is 1. The lowest BCUT2D eigenvalue weighted by atomic mass is 10.0. The van der Waals surface area contributed by atoms with Crippen LogP contribution in [0.15, 0.2) is 24.3 Å². The fraction of sp³-hybridized carbons (Fsp3) is 0.333. The van der Waals surface area contributed by atoms with Crippen LogP contribution < -0.4 is 16.6 Å². The number of rotatable bonds is 0. The molecule has 3 heteroatoms. The van der Waals surface area contributed by atoms with E-state index in [4.69, 9.17) is 11.6 Å². The highest BCUT2D eigenvalue weighted by Gasteiger charge is 2.19. The van der Waals surface area contributed by atoms with Gasteiger partial charge in [-0.15, -0.1) is 0 Å². The molecule has 0 spiro atoms. The Morgan fingerprint density at radius 2 is 2.08 bits per heavy atom. The lowest BCUT2D eigenvalue weighted by Crippen LogP contribution is -2.49. The molecule has 64 valence electrons. The summed E-state index contributed by atoms with van der Waals surface area (Å²) in [6.45, 7) is 0. The monoisotopic (exact) mass is 163 g/mol. The molecule has 0 saturated heterocycles. The summed E-state index contributed by atoms with van der Waals surface area (Å²) in [5.74, 6) is 5.80. The molecule has 1 aromatic carbocycles. The fourth-order valence-electron chi connectivity index (χ4n) is 1.60. The molecule has 0 aromatic heterocycles. The maximum absolute atomic E-state index is 5.80. The Labute approximate surface area is 71.9 Å². The van der Waals surface area contributed by atoms with Crippen molar-refractivity contribution in [2.45, 2.75) is 19.0 Å². The lowest BCUT2D eigenvalue weighted by Gasteiger charge is -2.32. The van der Waals surface area contributed by atoms with Crippen molar-refractivity contribution in [3.63, 3.8) is 0 Å². The molecule has 0 bridgehead atoms. The highest BCUT2D eigenvalue weighted by Crippen LogP contribution is 2.25. The van der Waals surface area contributed by atoms with E-state index in [9.17, 15) is 0 Å². The van der Waals surface area contributed by atoms with Crippen LogP contribution in [-0.2, 0) is 6.42 Å². The van der Waals surface area contributed by atoms with Crippen LogP contribution in [-0.4, -0.2) is 6.17 Å². The standard InChI is InChI=1S/C9H13N3/c10-9-6-5-7-3-1-2-4-8(7)12(9)11/h1-4,9H,5-6,10-11H2. The number of benzene rings is 1. The predicted molar refractivity (Wildman–Crippen MR) is 49.4 cm³/mol. The van der Waals surface area contributed by atoms with Gasteiger partial charge in [0.2, 0.25) is 0 Å². The number of hydrogen-bond acceptors (Lipinski definition) is 3. The van der Waals surface area contributed by atoms with E-state index in [1.54, 1.807) is 5.01 Å². The summed E-state index contributed by atoms with van der Waals surface area (Å²) < 4.78 is 0. The van der Waals surface area contributed by atoms with Crippen molar-refractivity contribution in [3.05, 3.63) is 29.8 Å². The molecule has 1 atom stereocenters. The number of para-hydroxylation sites is 1. The molecule has 0 saturated carbocycles. The summed E-state index contributed by atoms with van der Waals surface area (Å²) in [6, 6.07) is 8.12. The van der Waals surface area contributed by atoms with Gasteiger partial charge in [-0.1, -0.05) is 18.2 Å². The van der Waals surface area contributed by atoms with Gasteiger partial charge in [-0.3, -0.25) is 5.01 Å². The zero-order chi connectivity index (χ0) is 8.55. The summed E-state index contributed by atoms with van der Waals surface area (Å²) in [5, 5.41) is 1.65. The minimum absolute atomic E-state index is 0.0279. The van der Waals surface area contributed by atoms with Gasteiger partial charge in [0, 0.05) is 0 Å². The first-order chi connectivity index (χ1) is 5.79. The quantitative estimate of drug-likeness (QED) is 0.551. The van der Waals surface area contributed by atoms with Gasteiger partial charge in [-0.05, 0) is 24.5 Å². The lowest BCUT2D eigenvalue weighted by molar-refractivity contribution is 0.553. The Hall–Kier alpha value is -1.06. The number of hydrogen-bond donors (Lipinski definition) is 2. The molecule has 1 aliphatic rings. The van der Waals surface area contributed by atoms with Crippen molar-refractivity contribution in [1.82, 2.24) is 0 Å². The van der Waals surface area contributed by atoms with Crippen LogP contribution in [0.3, 0.4) is 0 Å². The van der Waals surface area contributed by atoms with Gasteiger partial charge >= 0.3 is 0 Å². The molecule has 12 heavy (non-hydrogen) atoms. The van der Waals surface area contributed by atoms with Crippen LogP contribution in [0, 0.1) is 0 Å². The molecule has 1 aliphatic heterocycles. The van der Waals surface area contributed by atoms with Crippen molar-refractivity contribution in [2.75, 3.05) is 5.01 Å². The fourth-order valence-corrected chi connectivity index (χ4v) is 1.60. The number of nitrogens with zero attached hydrogens (tertiary/aromatic N) is 1. The molecule has 0 aliphatic carbocycles. The van der Waals surface area contributed by atoms with E-state index in [1.165, 1.54) is 5.56 Å². The largest absolute Gasteiger partial charge is 0.310 e. The molecule has 4 N–H and O–H groups in total. The number of fused-ring (bicyclic) bond motifs is 1. The SMILES string of the molecule is NC1CCc2ccccc2N1N. The Kier molecular flexibility index (Phi) is 1.75. The van der Waals surface area contributed by atoms with Gasteiger partial charge in [0.15, 0.2) is 0 Å². The minimum Gasteiger partial charge on any atom is -0.310 e. The summed E-state index contributed by atoms with van der Waals surface area (Å²) in [5.41, 5.74) is 8.15. The Morgan fingerprint density at radius 3 is 2.92 bits per heavy atom. The van der Waals surface area contributed by atoms with E-state index in [2.05, 4.69) is 6.07 Å². The minimum atomic E-state index is -0.0279. The van der Waals surface area contributed by atoms with Gasteiger partial charge in [0.1, 0.15) is 0 Å². The van der Waals surface area contributed by atoms with E-state index in [1.807, 2.05) is 18.2 Å². The normalized spacial score (nSPS) is 22.2. The highest BCUT2D eigenvalue weighted by atomic mass is 15.5. The van der Waals surface area contributed by atoms with Gasteiger partial charge in [-0.2, -0.15) is 0 Å². The van der Waals surface area contributed by atoms with Gasteiger partial charge in [0.25, 0.3) is 0 Å². The van der Waals surface area contributed by atoms with Crippen LogP contribution in [0.25, 0.3) is 0 Å². The van der Waals surface area contributed by atoms with Gasteiger partial charge in [0.05, 0.1) is 11.9 Å². The van der Waals surface area contributed by atoms with E-state index < -0.39 is 0 Å². The molecular formula is C9H13N3. The molecule has 1 aromatic rings. The first-order valence-corrected chi connectivity index (χ1v) is 4.16. The zero-order valence-electron chi connectivity index (χ0n) is 6.90. The van der Waals surface area contributed by atoms with Crippen LogP contribution in [0.5, 0.6) is 0 Å². The third-order valence-corrected chi connectivity index (χ3v) is 2.34. The molecule has 3 nitrogen and oxygen atoms in total. The Morgan fingerprint density at radius 1 is 1.33 bits per heavy atom. The second kappa shape index (κ2) is 2.77. The van der Waals surface area contributed by atoms with E-state index in [0.29, 0.717) is 0 Å². The van der Waals surface area contributed by atoms with E-state index in [0.717, 1.165) is 18.5 Å². The van der Waals surface area contributed by atoms with E-state index >= 15 is 0 Å². The highest BCUT2D eigenvalue weighted by molar-refractivity contribution is 5.54. The summed E-state index contributed by atoms with van der Waals surface area (Å²) >= 11 is 0. The van der Waals surface area contributed by atoms with Crippen LogP contribution in [0.4, 0.5) is 5.69 Å². The summed E-state index contributed by atoms with van der Waals surface area (Å²) in [4.78, 5) is 0. The van der Waals surface area contributed by atoms with Crippen LogP contribution in [0.2, 0.25) is 0 Å². The average molecular weight is 163 g/mol. The van der Waals surface area contributed by atoms with Crippen molar-refractivity contribution in [1.29, 1.82) is 0 Å². The van der Waals surface area contributed by atoms with Crippen LogP contribution in [0.1, 0.15) is 12.0 Å². The van der Waals surface area contributed by atoms with Crippen LogP contribution >= 0.6 is 0 Å². The molecule has 0 radical (unpaired) electrons. The van der Waals surface area contributed by atoms with Crippen molar-refractivity contribution in [2.24, 2.45) is 11.6 Å². The predicted octanol–water partition coefficient (Wildman–Crippen LogP) is 0.598. The third kappa shape index (κ3) is 1.07. The van der Waals surface area contributed by atoms with Crippen molar-refractivity contribution < 1.29 is 0 Å².